The largest absolute Gasteiger partial charge is 0.449 e. The molecule has 0 spiro atoms. The molecular weight excluding hydrogens is 516 g/mol. The summed E-state index contributed by atoms with van der Waals surface area (Å²) in [5, 5.41) is 0. The molecule has 3 atom stereocenters. The Kier molecular flexibility index (Phi) is 19.0. The van der Waals surface area contributed by atoms with Crippen molar-refractivity contribution in [3.8, 4) is 0 Å². The third kappa shape index (κ3) is 15.4. The van der Waals surface area contributed by atoms with Crippen LogP contribution in [0.1, 0.15) is 130 Å². The van der Waals surface area contributed by atoms with E-state index in [-0.39, 0.29) is 31.4 Å². The molecule has 0 radical (unpaired) electrons. The van der Waals surface area contributed by atoms with Crippen molar-refractivity contribution < 1.29 is 28.3 Å². The molecule has 2 aliphatic rings. The van der Waals surface area contributed by atoms with Crippen LogP contribution in [0, 0.1) is 5.92 Å². The maximum atomic E-state index is 12.8. The molecule has 3 unspecified atom stereocenters. The summed E-state index contributed by atoms with van der Waals surface area (Å²) in [5.41, 5.74) is 0. The Morgan fingerprint density at radius 1 is 0.854 bits per heavy atom. The van der Waals surface area contributed by atoms with Gasteiger partial charge in [0, 0.05) is 25.9 Å². The van der Waals surface area contributed by atoms with Gasteiger partial charge >= 0.3 is 6.09 Å². The van der Waals surface area contributed by atoms with E-state index in [0.717, 1.165) is 19.5 Å². The van der Waals surface area contributed by atoms with E-state index >= 15 is 0 Å². The van der Waals surface area contributed by atoms with Gasteiger partial charge in [-0.15, -0.1) is 0 Å². The van der Waals surface area contributed by atoms with Crippen molar-refractivity contribution in [2.24, 2.45) is 5.92 Å². The molecule has 0 saturated carbocycles. The quantitative estimate of drug-likeness (QED) is 0.0900. The van der Waals surface area contributed by atoms with E-state index in [1.807, 2.05) is 18.4 Å². The number of carbonyl (C=O) groups is 2. The van der Waals surface area contributed by atoms with Crippen LogP contribution in [-0.2, 0) is 19.0 Å². The van der Waals surface area contributed by atoms with Crippen molar-refractivity contribution in [1.82, 2.24) is 4.90 Å². The van der Waals surface area contributed by atoms with Gasteiger partial charge in [-0.3, -0.25) is 9.28 Å². The summed E-state index contributed by atoms with van der Waals surface area (Å²) in [6.45, 7) is 9.03. The molecule has 2 aliphatic heterocycles. The first kappa shape index (κ1) is 35.5. The van der Waals surface area contributed by atoms with Gasteiger partial charge in [0.05, 0.1) is 26.0 Å². The molecule has 2 rings (SSSR count). The number of hydrogen-bond acceptors (Lipinski definition) is 5. The summed E-state index contributed by atoms with van der Waals surface area (Å²) in [4.78, 5) is 26.2. The van der Waals surface area contributed by atoms with Gasteiger partial charge < -0.3 is 14.2 Å². The number of likely N-dealkylation sites (N-methyl/N-ethyl adjacent to an activating group) is 1. The predicted octanol–water partition coefficient (Wildman–Crippen LogP) is 8.49. The second-order valence-electron chi connectivity index (χ2n) is 12.2. The first-order chi connectivity index (χ1) is 20.0. The normalized spacial score (nSPS) is 21.8. The lowest BCUT2D eigenvalue weighted by molar-refractivity contribution is -0.880. The Hall–Kier alpha value is -1.70. The van der Waals surface area contributed by atoms with Gasteiger partial charge in [-0.1, -0.05) is 109 Å². The van der Waals surface area contributed by atoms with Gasteiger partial charge in [0.15, 0.2) is 13.0 Å². The van der Waals surface area contributed by atoms with Crippen LogP contribution in [0.3, 0.4) is 0 Å². The highest BCUT2D eigenvalue weighted by atomic mass is 16.7. The average molecular weight is 578 g/mol. The van der Waals surface area contributed by atoms with Crippen molar-refractivity contribution in [3.05, 3.63) is 24.4 Å². The number of rotatable bonds is 23. The molecule has 236 valence electrons. The monoisotopic (exact) mass is 577 g/mol. The molecule has 7 nitrogen and oxygen atoms in total. The third-order valence-corrected chi connectivity index (χ3v) is 8.56. The average Bonchev–Trinajstić information content (AvgIpc) is 3.44. The SMILES string of the molecule is CCCCCCCCCCCCCCCCCCOC1CC(COC(=O)N(C[N+]2(CC)C=CC=CC2)C(C)=O)CO1. The summed E-state index contributed by atoms with van der Waals surface area (Å²) in [6, 6.07) is 0. The molecule has 0 aromatic rings. The fraction of sp³-hybridized carbons (Fsp3) is 0.824. The van der Waals surface area contributed by atoms with E-state index in [9.17, 15) is 9.59 Å². The highest BCUT2D eigenvalue weighted by molar-refractivity contribution is 5.90. The number of allylic oxidation sites excluding steroid dienone is 2. The van der Waals surface area contributed by atoms with Crippen LogP contribution in [0.25, 0.3) is 0 Å². The van der Waals surface area contributed by atoms with Crippen molar-refractivity contribution >= 4 is 12.0 Å². The van der Waals surface area contributed by atoms with Gasteiger partial charge in [-0.05, 0) is 25.5 Å². The minimum Gasteiger partial charge on any atom is -0.449 e. The topological polar surface area (TPSA) is 65.1 Å². The molecule has 0 aliphatic carbocycles. The fourth-order valence-corrected chi connectivity index (χ4v) is 5.67. The van der Waals surface area contributed by atoms with E-state index in [4.69, 9.17) is 14.2 Å². The summed E-state index contributed by atoms with van der Waals surface area (Å²) in [5.74, 6) is -0.206. The molecule has 0 bridgehead atoms. The molecule has 2 heterocycles. The number of amides is 2. The van der Waals surface area contributed by atoms with Crippen LogP contribution < -0.4 is 0 Å². The molecule has 0 aromatic heterocycles. The van der Waals surface area contributed by atoms with Gasteiger partial charge in [-0.2, -0.15) is 4.90 Å². The molecule has 2 amide bonds. The van der Waals surface area contributed by atoms with Crippen LogP contribution in [-0.4, -0.2) is 67.3 Å². The van der Waals surface area contributed by atoms with Crippen LogP contribution in [0.15, 0.2) is 24.4 Å². The van der Waals surface area contributed by atoms with Crippen LogP contribution in [0.4, 0.5) is 4.79 Å². The summed E-state index contributed by atoms with van der Waals surface area (Å²) in [7, 11) is 0. The van der Waals surface area contributed by atoms with Gasteiger partial charge in [0.1, 0.15) is 6.54 Å². The molecule has 0 N–H and O–H groups in total. The van der Waals surface area contributed by atoms with Crippen LogP contribution >= 0.6 is 0 Å². The third-order valence-electron chi connectivity index (χ3n) is 8.56. The zero-order valence-corrected chi connectivity index (χ0v) is 26.7. The Bertz CT molecular complexity index is 770. The summed E-state index contributed by atoms with van der Waals surface area (Å²) >= 11 is 0. The fourth-order valence-electron chi connectivity index (χ4n) is 5.67. The van der Waals surface area contributed by atoms with Crippen molar-refractivity contribution in [2.45, 2.75) is 136 Å². The molecule has 7 heteroatoms. The van der Waals surface area contributed by atoms with E-state index in [1.54, 1.807) is 0 Å². The smallest absolute Gasteiger partial charge is 0.421 e. The minimum absolute atomic E-state index is 0.0932. The van der Waals surface area contributed by atoms with E-state index in [0.29, 0.717) is 24.1 Å². The lowest BCUT2D eigenvalue weighted by atomic mass is 10.0. The van der Waals surface area contributed by atoms with Crippen molar-refractivity contribution in [3.63, 3.8) is 0 Å². The zero-order chi connectivity index (χ0) is 29.6. The van der Waals surface area contributed by atoms with E-state index in [2.05, 4.69) is 19.9 Å². The summed E-state index contributed by atoms with van der Waals surface area (Å²) in [6.07, 6.45) is 29.7. The Morgan fingerprint density at radius 2 is 1.44 bits per heavy atom. The minimum atomic E-state index is -0.580. The molecule has 41 heavy (non-hydrogen) atoms. The first-order valence-electron chi connectivity index (χ1n) is 16.9. The second-order valence-corrected chi connectivity index (χ2v) is 12.2. The first-order valence-corrected chi connectivity index (χ1v) is 16.9. The zero-order valence-electron chi connectivity index (χ0n) is 26.7. The van der Waals surface area contributed by atoms with E-state index in [1.165, 1.54) is 108 Å². The van der Waals surface area contributed by atoms with Gasteiger partial charge in [0.25, 0.3) is 0 Å². The number of imide groups is 1. The number of carbonyl (C=O) groups excluding carboxylic acids is 2. The lowest BCUT2D eigenvalue weighted by Crippen LogP contribution is -2.54. The molecule has 1 saturated heterocycles. The maximum Gasteiger partial charge on any atom is 0.421 e. The molecule has 1 fully saturated rings. The van der Waals surface area contributed by atoms with Gasteiger partial charge in [0.2, 0.25) is 5.91 Å². The number of hydrogen-bond donors (Lipinski definition) is 0. The predicted molar refractivity (Wildman–Crippen MR) is 166 cm³/mol. The Morgan fingerprint density at radius 3 is 1.95 bits per heavy atom. The number of nitrogens with zero attached hydrogens (tertiary/aromatic N) is 2. The highest BCUT2D eigenvalue weighted by Crippen LogP contribution is 2.22. The van der Waals surface area contributed by atoms with Crippen LogP contribution in [0.5, 0.6) is 0 Å². The van der Waals surface area contributed by atoms with Gasteiger partial charge in [-0.25, -0.2) is 4.79 Å². The Balaban J connectivity index is 1.44. The number of unbranched alkanes of at least 4 members (excludes halogenated alkanes) is 15. The van der Waals surface area contributed by atoms with Crippen molar-refractivity contribution in [1.29, 1.82) is 0 Å². The highest BCUT2D eigenvalue weighted by Gasteiger charge is 2.33. The summed E-state index contributed by atoms with van der Waals surface area (Å²) < 4.78 is 17.8. The van der Waals surface area contributed by atoms with Crippen molar-refractivity contribution in [2.75, 3.05) is 39.6 Å². The lowest BCUT2D eigenvalue weighted by Gasteiger charge is -2.37. The van der Waals surface area contributed by atoms with Crippen LogP contribution in [0.2, 0.25) is 0 Å². The standard InChI is InChI=1S/C34H61N2O5/c1-4-6-7-8-9-10-11-12-13-14-15-16-17-18-19-23-26-39-33-27-32(28-40-33)29-41-34(38)35(31(3)37)30-36(5-2)24-21-20-22-25-36/h20-22,24,32-33H,4-19,23,25-30H2,1-3H3/q+1. The Labute approximate surface area is 251 Å². The maximum absolute atomic E-state index is 12.8. The molecular formula is C34H61N2O5+. The van der Waals surface area contributed by atoms with E-state index < -0.39 is 6.09 Å². The number of quaternary nitrogens is 1. The molecule has 0 aromatic carbocycles. The number of ether oxygens (including phenoxy) is 3. The second kappa shape index (κ2) is 21.9.